The molecular weight excluding hydrogens is 330 g/mol. The van der Waals surface area contributed by atoms with E-state index in [2.05, 4.69) is 31.1 Å². The third-order valence-corrected chi connectivity index (χ3v) is 4.66. The molecule has 0 saturated carbocycles. The highest BCUT2D eigenvalue weighted by molar-refractivity contribution is 7.13. The monoisotopic (exact) mass is 351 g/mol. The van der Waals surface area contributed by atoms with Gasteiger partial charge in [-0.25, -0.2) is 4.98 Å². The van der Waals surface area contributed by atoms with Crippen molar-refractivity contribution in [2.75, 3.05) is 11.1 Å². The zero-order valence-corrected chi connectivity index (χ0v) is 15.4. The number of nitrogens with one attached hydrogen (secondary N) is 1. The first-order valence-corrected chi connectivity index (χ1v) is 8.95. The first-order chi connectivity index (χ1) is 11.8. The lowest BCUT2D eigenvalue weighted by molar-refractivity contribution is 0.102. The van der Waals surface area contributed by atoms with Crippen LogP contribution in [0.25, 0.3) is 11.3 Å². The number of hydrogen-bond acceptors (Lipinski definition) is 4. The van der Waals surface area contributed by atoms with Crippen molar-refractivity contribution < 1.29 is 4.79 Å². The third-order valence-electron chi connectivity index (χ3n) is 3.99. The van der Waals surface area contributed by atoms with E-state index in [1.54, 1.807) is 0 Å². The highest BCUT2D eigenvalue weighted by Crippen LogP contribution is 2.30. The first-order valence-electron chi connectivity index (χ1n) is 8.07. The fraction of sp³-hybridized carbons (Fsp3) is 0.200. The van der Waals surface area contributed by atoms with Crippen LogP contribution < -0.4 is 11.1 Å². The van der Waals surface area contributed by atoms with Gasteiger partial charge in [0.1, 0.15) is 0 Å². The van der Waals surface area contributed by atoms with E-state index in [-0.39, 0.29) is 11.3 Å². The van der Waals surface area contributed by atoms with Crippen LogP contribution in [0, 0.1) is 0 Å². The van der Waals surface area contributed by atoms with Gasteiger partial charge >= 0.3 is 0 Å². The highest BCUT2D eigenvalue weighted by atomic mass is 32.1. The van der Waals surface area contributed by atoms with Gasteiger partial charge in [0.05, 0.1) is 11.4 Å². The Labute approximate surface area is 151 Å². The van der Waals surface area contributed by atoms with E-state index in [9.17, 15) is 4.79 Å². The Bertz CT molecular complexity index is 892. The van der Waals surface area contributed by atoms with Crippen molar-refractivity contribution in [1.82, 2.24) is 4.98 Å². The third kappa shape index (κ3) is 3.88. The maximum absolute atomic E-state index is 12.6. The van der Waals surface area contributed by atoms with Gasteiger partial charge in [0.2, 0.25) is 0 Å². The molecule has 0 aliphatic carbocycles. The number of nitrogen functional groups attached to an aromatic ring is 1. The molecule has 0 fully saturated rings. The Balaban J connectivity index is 1.84. The maximum atomic E-state index is 12.6. The molecule has 5 heteroatoms. The van der Waals surface area contributed by atoms with Crippen molar-refractivity contribution in [3.63, 3.8) is 0 Å². The van der Waals surface area contributed by atoms with Crippen LogP contribution in [0.15, 0.2) is 53.9 Å². The van der Waals surface area contributed by atoms with Gasteiger partial charge in [-0.05, 0) is 29.2 Å². The van der Waals surface area contributed by atoms with Gasteiger partial charge in [-0.3, -0.25) is 4.79 Å². The van der Waals surface area contributed by atoms with E-state index in [1.165, 1.54) is 16.9 Å². The molecule has 0 saturated heterocycles. The van der Waals surface area contributed by atoms with Crippen LogP contribution in [0.1, 0.15) is 36.7 Å². The lowest BCUT2D eigenvalue weighted by Gasteiger charge is -2.19. The molecule has 2 aromatic carbocycles. The molecule has 0 bridgehead atoms. The molecule has 128 valence electrons. The lowest BCUT2D eigenvalue weighted by atomic mass is 9.86. The van der Waals surface area contributed by atoms with Crippen LogP contribution in [-0.2, 0) is 5.41 Å². The van der Waals surface area contributed by atoms with Crippen molar-refractivity contribution >= 4 is 28.1 Å². The summed E-state index contributed by atoms with van der Waals surface area (Å²) in [5.74, 6) is -0.142. The Morgan fingerprint density at radius 2 is 1.76 bits per heavy atom. The quantitative estimate of drug-likeness (QED) is 0.702. The fourth-order valence-electron chi connectivity index (χ4n) is 2.54. The van der Waals surface area contributed by atoms with Crippen molar-refractivity contribution in [1.29, 1.82) is 0 Å². The average molecular weight is 351 g/mol. The van der Waals surface area contributed by atoms with E-state index in [4.69, 9.17) is 5.73 Å². The van der Waals surface area contributed by atoms with Gasteiger partial charge in [-0.2, -0.15) is 0 Å². The number of carbonyl (C=O) groups excluding carboxylic acids is 1. The van der Waals surface area contributed by atoms with E-state index >= 15 is 0 Å². The average Bonchev–Trinajstić information content (AvgIpc) is 3.01. The second-order valence-electron chi connectivity index (χ2n) is 6.90. The normalized spacial score (nSPS) is 11.3. The molecule has 3 N–H and O–H groups in total. The molecule has 0 unspecified atom stereocenters. The van der Waals surface area contributed by atoms with Gasteiger partial charge in [-0.15, -0.1) is 11.3 Å². The largest absolute Gasteiger partial charge is 0.375 e. The Morgan fingerprint density at radius 3 is 2.36 bits per heavy atom. The number of rotatable bonds is 3. The van der Waals surface area contributed by atoms with Crippen LogP contribution in [0.5, 0.6) is 0 Å². The number of thiazole rings is 1. The van der Waals surface area contributed by atoms with Crippen LogP contribution in [-0.4, -0.2) is 10.9 Å². The van der Waals surface area contributed by atoms with Gasteiger partial charge in [0.15, 0.2) is 5.13 Å². The SMILES string of the molecule is CC(C)(C)c1ccc(C(=O)Nc2ccccc2-c2csc(N)n2)cc1. The molecule has 0 atom stereocenters. The number of para-hydroxylation sites is 1. The van der Waals surface area contributed by atoms with Crippen molar-refractivity contribution in [3.05, 3.63) is 65.0 Å². The molecule has 4 nitrogen and oxygen atoms in total. The number of nitrogens with two attached hydrogens (primary N) is 1. The number of carbonyl (C=O) groups is 1. The van der Waals surface area contributed by atoms with E-state index in [0.29, 0.717) is 10.7 Å². The number of aromatic nitrogens is 1. The summed E-state index contributed by atoms with van der Waals surface area (Å²) in [4.78, 5) is 16.9. The summed E-state index contributed by atoms with van der Waals surface area (Å²) in [6.07, 6.45) is 0. The molecule has 3 aromatic rings. The summed E-state index contributed by atoms with van der Waals surface area (Å²) >= 11 is 1.38. The number of amides is 1. The lowest BCUT2D eigenvalue weighted by Crippen LogP contribution is -2.14. The summed E-state index contributed by atoms with van der Waals surface area (Å²) < 4.78 is 0. The number of anilines is 2. The van der Waals surface area contributed by atoms with E-state index < -0.39 is 0 Å². The summed E-state index contributed by atoms with van der Waals surface area (Å²) in [6.45, 7) is 6.45. The van der Waals surface area contributed by atoms with Gasteiger partial charge in [0.25, 0.3) is 5.91 Å². The zero-order chi connectivity index (χ0) is 18.0. The van der Waals surface area contributed by atoms with Crippen LogP contribution in [0.2, 0.25) is 0 Å². The van der Waals surface area contributed by atoms with E-state index in [0.717, 1.165) is 16.9 Å². The molecule has 1 amide bonds. The summed E-state index contributed by atoms with van der Waals surface area (Å²) in [5.41, 5.74) is 9.95. The van der Waals surface area contributed by atoms with Crippen LogP contribution in [0.3, 0.4) is 0 Å². The zero-order valence-electron chi connectivity index (χ0n) is 14.5. The Hall–Kier alpha value is -2.66. The van der Waals surface area contributed by atoms with Crippen LogP contribution >= 0.6 is 11.3 Å². The van der Waals surface area contributed by atoms with Crippen molar-refractivity contribution in [2.45, 2.75) is 26.2 Å². The minimum absolute atomic E-state index is 0.0617. The Kier molecular flexibility index (Phi) is 4.59. The topological polar surface area (TPSA) is 68.0 Å². The second-order valence-corrected chi connectivity index (χ2v) is 7.79. The summed E-state index contributed by atoms with van der Waals surface area (Å²) in [7, 11) is 0. The molecule has 0 radical (unpaired) electrons. The molecule has 1 aromatic heterocycles. The molecule has 0 aliphatic heterocycles. The number of benzene rings is 2. The highest BCUT2D eigenvalue weighted by Gasteiger charge is 2.15. The summed E-state index contributed by atoms with van der Waals surface area (Å²) in [5, 5.41) is 5.37. The molecule has 25 heavy (non-hydrogen) atoms. The van der Waals surface area contributed by atoms with Gasteiger partial charge in [-0.1, -0.05) is 51.1 Å². The molecule has 0 spiro atoms. The fourth-order valence-corrected chi connectivity index (χ4v) is 3.11. The van der Waals surface area contributed by atoms with Gasteiger partial charge in [0, 0.05) is 16.5 Å². The predicted molar refractivity (Wildman–Crippen MR) is 105 cm³/mol. The molecule has 0 aliphatic rings. The number of nitrogens with zero attached hydrogens (tertiary/aromatic N) is 1. The smallest absolute Gasteiger partial charge is 0.255 e. The number of hydrogen-bond donors (Lipinski definition) is 2. The minimum atomic E-state index is -0.142. The maximum Gasteiger partial charge on any atom is 0.255 e. The Morgan fingerprint density at radius 1 is 1.08 bits per heavy atom. The standard InChI is InChI=1S/C20H21N3OS/c1-20(2,3)14-10-8-13(9-11-14)18(24)22-16-7-5-4-6-15(16)17-12-25-19(21)23-17/h4-12H,1-3H3,(H2,21,23)(H,22,24). The summed E-state index contributed by atoms with van der Waals surface area (Å²) in [6, 6.07) is 15.3. The van der Waals surface area contributed by atoms with Gasteiger partial charge < -0.3 is 11.1 Å². The molecule has 3 rings (SSSR count). The molecular formula is C20H21N3OS. The second kappa shape index (κ2) is 6.69. The first kappa shape index (κ1) is 17.2. The van der Waals surface area contributed by atoms with Crippen molar-refractivity contribution in [2.24, 2.45) is 0 Å². The van der Waals surface area contributed by atoms with Crippen LogP contribution in [0.4, 0.5) is 10.8 Å². The van der Waals surface area contributed by atoms with Crippen molar-refractivity contribution in [3.8, 4) is 11.3 Å². The predicted octanol–water partition coefficient (Wildman–Crippen LogP) is 4.94. The van der Waals surface area contributed by atoms with E-state index in [1.807, 2.05) is 53.9 Å². The molecule has 1 heterocycles. The minimum Gasteiger partial charge on any atom is -0.375 e.